The standard InChI is InChI=1S/C19H23ClN2O2/c1-21(12-15-8-4-6-10-17(15)20)14-19(23)22(2)13-16-9-5-7-11-18(16)24-3/h4-11H,12-14H2,1-3H3. The van der Waals surface area contributed by atoms with Gasteiger partial charge >= 0.3 is 0 Å². The normalized spacial score (nSPS) is 10.7. The molecule has 0 bridgehead atoms. The highest BCUT2D eigenvalue weighted by molar-refractivity contribution is 6.31. The fourth-order valence-corrected chi connectivity index (χ4v) is 2.70. The first-order valence-corrected chi connectivity index (χ1v) is 8.17. The first-order valence-electron chi connectivity index (χ1n) is 7.79. The highest BCUT2D eigenvalue weighted by atomic mass is 35.5. The number of hydrogen-bond acceptors (Lipinski definition) is 3. The van der Waals surface area contributed by atoms with E-state index in [0.29, 0.717) is 19.6 Å². The zero-order chi connectivity index (χ0) is 17.5. The van der Waals surface area contributed by atoms with E-state index in [0.717, 1.165) is 21.9 Å². The van der Waals surface area contributed by atoms with Gasteiger partial charge in [-0.15, -0.1) is 0 Å². The number of carbonyl (C=O) groups excluding carboxylic acids is 1. The number of halogens is 1. The summed E-state index contributed by atoms with van der Waals surface area (Å²) < 4.78 is 5.34. The van der Waals surface area contributed by atoms with Gasteiger partial charge in [0.2, 0.25) is 5.91 Å². The van der Waals surface area contributed by atoms with Gasteiger partial charge in [-0.05, 0) is 24.7 Å². The Morgan fingerprint density at radius 2 is 1.62 bits per heavy atom. The largest absolute Gasteiger partial charge is 0.496 e. The molecule has 0 aromatic heterocycles. The highest BCUT2D eigenvalue weighted by Crippen LogP contribution is 2.19. The van der Waals surface area contributed by atoms with E-state index in [2.05, 4.69) is 0 Å². The van der Waals surface area contributed by atoms with E-state index >= 15 is 0 Å². The minimum absolute atomic E-state index is 0.0514. The monoisotopic (exact) mass is 346 g/mol. The number of amides is 1. The molecule has 0 aliphatic rings. The van der Waals surface area contributed by atoms with Crippen LogP contribution >= 0.6 is 11.6 Å². The number of para-hydroxylation sites is 1. The van der Waals surface area contributed by atoms with Gasteiger partial charge in [-0.1, -0.05) is 48.0 Å². The number of carbonyl (C=O) groups is 1. The van der Waals surface area contributed by atoms with Crippen LogP contribution in [0.1, 0.15) is 11.1 Å². The summed E-state index contributed by atoms with van der Waals surface area (Å²) in [4.78, 5) is 16.1. The van der Waals surface area contributed by atoms with Crippen LogP contribution in [0.15, 0.2) is 48.5 Å². The van der Waals surface area contributed by atoms with Crippen molar-refractivity contribution in [2.24, 2.45) is 0 Å². The van der Waals surface area contributed by atoms with E-state index in [-0.39, 0.29) is 5.91 Å². The Balaban J connectivity index is 1.92. The molecule has 0 saturated carbocycles. The maximum Gasteiger partial charge on any atom is 0.236 e. The van der Waals surface area contributed by atoms with Crippen LogP contribution in [0, 0.1) is 0 Å². The van der Waals surface area contributed by atoms with Crippen molar-refractivity contribution >= 4 is 17.5 Å². The molecule has 0 saturated heterocycles. The Morgan fingerprint density at radius 3 is 2.29 bits per heavy atom. The second-order valence-electron chi connectivity index (χ2n) is 5.83. The summed E-state index contributed by atoms with van der Waals surface area (Å²) in [6.07, 6.45) is 0. The first kappa shape index (κ1) is 18.3. The minimum atomic E-state index is 0.0514. The van der Waals surface area contributed by atoms with Gasteiger partial charge in [0.25, 0.3) is 0 Å². The van der Waals surface area contributed by atoms with Crippen LogP contribution in [0.5, 0.6) is 5.75 Å². The van der Waals surface area contributed by atoms with Crippen molar-refractivity contribution < 1.29 is 9.53 Å². The van der Waals surface area contributed by atoms with E-state index in [1.807, 2.05) is 60.5 Å². The summed E-state index contributed by atoms with van der Waals surface area (Å²) in [6.45, 7) is 1.48. The molecule has 128 valence electrons. The predicted octanol–water partition coefficient (Wildman–Crippen LogP) is 3.44. The van der Waals surface area contributed by atoms with Crippen LogP contribution in [0.4, 0.5) is 0 Å². The van der Waals surface area contributed by atoms with E-state index < -0.39 is 0 Å². The average molecular weight is 347 g/mol. The van der Waals surface area contributed by atoms with Crippen LogP contribution in [0.3, 0.4) is 0 Å². The summed E-state index contributed by atoms with van der Waals surface area (Å²) >= 11 is 6.17. The highest BCUT2D eigenvalue weighted by Gasteiger charge is 2.14. The van der Waals surface area contributed by atoms with Gasteiger partial charge in [-0.25, -0.2) is 0 Å². The number of likely N-dealkylation sites (N-methyl/N-ethyl adjacent to an activating group) is 2. The fraction of sp³-hybridized carbons (Fsp3) is 0.316. The van der Waals surface area contributed by atoms with E-state index in [9.17, 15) is 4.79 Å². The Bertz CT molecular complexity index is 691. The van der Waals surface area contributed by atoms with Crippen molar-refractivity contribution in [1.29, 1.82) is 0 Å². The van der Waals surface area contributed by atoms with E-state index in [4.69, 9.17) is 16.3 Å². The summed E-state index contributed by atoms with van der Waals surface area (Å²) in [5.41, 5.74) is 2.01. The molecule has 24 heavy (non-hydrogen) atoms. The van der Waals surface area contributed by atoms with Gasteiger partial charge < -0.3 is 9.64 Å². The first-order chi connectivity index (χ1) is 11.5. The molecule has 2 aromatic carbocycles. The number of ether oxygens (including phenoxy) is 1. The molecule has 0 heterocycles. The molecular weight excluding hydrogens is 324 g/mol. The summed E-state index contributed by atoms with van der Waals surface area (Å²) in [7, 11) is 5.36. The molecule has 0 aliphatic carbocycles. The number of rotatable bonds is 7. The molecule has 0 spiro atoms. The molecule has 0 aliphatic heterocycles. The van der Waals surface area contributed by atoms with Gasteiger partial charge in [0.05, 0.1) is 13.7 Å². The summed E-state index contributed by atoms with van der Waals surface area (Å²) in [5.74, 6) is 0.844. The van der Waals surface area contributed by atoms with Crippen molar-refractivity contribution in [3.05, 3.63) is 64.7 Å². The van der Waals surface area contributed by atoms with E-state index in [1.54, 1.807) is 19.1 Å². The molecule has 0 N–H and O–H groups in total. The quantitative estimate of drug-likeness (QED) is 0.770. The summed E-state index contributed by atoms with van der Waals surface area (Å²) in [5, 5.41) is 0.721. The van der Waals surface area contributed by atoms with Crippen LogP contribution in [-0.4, -0.2) is 43.5 Å². The van der Waals surface area contributed by atoms with Crippen LogP contribution < -0.4 is 4.74 Å². The van der Waals surface area contributed by atoms with Crippen molar-refractivity contribution in [2.75, 3.05) is 27.7 Å². The lowest BCUT2D eigenvalue weighted by Gasteiger charge is -2.23. The molecule has 1 amide bonds. The second kappa shape index (κ2) is 8.71. The molecule has 5 heteroatoms. The second-order valence-corrected chi connectivity index (χ2v) is 6.23. The lowest BCUT2D eigenvalue weighted by molar-refractivity contribution is -0.131. The molecule has 0 atom stereocenters. The Kier molecular flexibility index (Phi) is 6.64. The molecule has 0 unspecified atom stereocenters. The minimum Gasteiger partial charge on any atom is -0.496 e. The van der Waals surface area contributed by atoms with Crippen molar-refractivity contribution in [2.45, 2.75) is 13.1 Å². The topological polar surface area (TPSA) is 32.8 Å². The molecule has 0 radical (unpaired) electrons. The Morgan fingerprint density at radius 1 is 1.00 bits per heavy atom. The zero-order valence-electron chi connectivity index (χ0n) is 14.3. The average Bonchev–Trinajstić information content (AvgIpc) is 2.57. The number of benzene rings is 2. The van der Waals surface area contributed by atoms with Crippen molar-refractivity contribution in [3.8, 4) is 5.75 Å². The molecule has 2 rings (SSSR count). The number of methoxy groups -OCH3 is 1. The molecule has 2 aromatic rings. The Hall–Kier alpha value is -2.04. The van der Waals surface area contributed by atoms with Gasteiger partial charge in [-0.3, -0.25) is 9.69 Å². The molecule has 0 fully saturated rings. The molecular formula is C19H23ClN2O2. The lowest BCUT2D eigenvalue weighted by atomic mass is 10.2. The third-order valence-electron chi connectivity index (χ3n) is 3.83. The third-order valence-corrected chi connectivity index (χ3v) is 4.20. The van der Waals surface area contributed by atoms with Gasteiger partial charge in [0, 0.05) is 30.7 Å². The maximum atomic E-state index is 12.4. The van der Waals surface area contributed by atoms with Crippen molar-refractivity contribution in [3.63, 3.8) is 0 Å². The number of nitrogens with zero attached hydrogens (tertiary/aromatic N) is 2. The van der Waals surface area contributed by atoms with Gasteiger partial charge in [-0.2, -0.15) is 0 Å². The van der Waals surface area contributed by atoms with Gasteiger partial charge in [0.1, 0.15) is 5.75 Å². The number of hydrogen-bond donors (Lipinski definition) is 0. The SMILES string of the molecule is COc1ccccc1CN(C)C(=O)CN(C)Cc1ccccc1Cl. The van der Waals surface area contributed by atoms with Gasteiger partial charge in [0.15, 0.2) is 0 Å². The molecule has 4 nitrogen and oxygen atoms in total. The van der Waals surface area contributed by atoms with Crippen LogP contribution in [-0.2, 0) is 17.9 Å². The predicted molar refractivity (Wildman–Crippen MR) is 97.3 cm³/mol. The summed E-state index contributed by atoms with van der Waals surface area (Å²) in [6, 6.07) is 15.4. The third kappa shape index (κ3) is 4.98. The fourth-order valence-electron chi connectivity index (χ4n) is 2.50. The van der Waals surface area contributed by atoms with Crippen molar-refractivity contribution in [1.82, 2.24) is 9.80 Å². The van der Waals surface area contributed by atoms with Crippen LogP contribution in [0.2, 0.25) is 5.02 Å². The van der Waals surface area contributed by atoms with E-state index in [1.165, 1.54) is 0 Å². The maximum absolute atomic E-state index is 12.4. The Labute approximate surface area is 148 Å². The lowest BCUT2D eigenvalue weighted by Crippen LogP contribution is -2.36. The van der Waals surface area contributed by atoms with Crippen LogP contribution in [0.25, 0.3) is 0 Å². The smallest absolute Gasteiger partial charge is 0.236 e. The zero-order valence-corrected chi connectivity index (χ0v) is 15.1.